The van der Waals surface area contributed by atoms with Crippen LogP contribution in [0, 0.1) is 18.8 Å². The molecule has 0 saturated carbocycles. The number of hydrogen-bond donors (Lipinski definition) is 4. The second-order valence-corrected chi connectivity index (χ2v) is 6.10. The fraction of sp³-hybridized carbons (Fsp3) is 0.333. The highest BCUT2D eigenvalue weighted by Gasteiger charge is 2.05. The molecule has 144 valence electrons. The van der Waals surface area contributed by atoms with Crippen LogP contribution in [0.25, 0.3) is 0 Å². The van der Waals surface area contributed by atoms with Crippen LogP contribution in [0.2, 0.25) is 0 Å². The fourth-order valence-electron chi connectivity index (χ4n) is 2.17. The molecule has 6 nitrogen and oxygen atoms in total. The Hall–Kier alpha value is -2.56. The van der Waals surface area contributed by atoms with Crippen LogP contribution in [0.4, 0.5) is 0 Å². The Bertz CT molecular complexity index is 779. The molecule has 0 unspecified atom stereocenters. The zero-order valence-corrected chi connectivity index (χ0v) is 15.3. The fourth-order valence-corrected chi connectivity index (χ4v) is 2.17. The number of rotatable bonds is 8. The Balaban J connectivity index is 1.97. The van der Waals surface area contributed by atoms with E-state index in [1.807, 2.05) is 37.3 Å². The first-order valence-corrected chi connectivity index (χ1v) is 8.67. The number of hydrogen-bond acceptors (Lipinski definition) is 6. The number of nitrogens with two attached hydrogens (primary N) is 1. The van der Waals surface area contributed by atoms with Crippen LogP contribution in [0.15, 0.2) is 42.5 Å². The molecule has 0 saturated heterocycles. The zero-order chi connectivity index (χ0) is 19.6. The largest absolute Gasteiger partial charge is 0.491 e. The lowest BCUT2D eigenvalue weighted by Crippen LogP contribution is -2.26. The Labute approximate surface area is 159 Å². The van der Waals surface area contributed by atoms with Gasteiger partial charge in [0.15, 0.2) is 0 Å². The molecule has 0 aromatic heterocycles. The molecule has 0 aliphatic rings. The van der Waals surface area contributed by atoms with Crippen LogP contribution in [0.1, 0.15) is 16.7 Å². The molecule has 0 aliphatic heterocycles. The minimum atomic E-state index is -0.891. The molecule has 0 aliphatic carbocycles. The third-order valence-electron chi connectivity index (χ3n) is 3.74. The van der Waals surface area contributed by atoms with Gasteiger partial charge in [-0.15, -0.1) is 0 Å². The summed E-state index contributed by atoms with van der Waals surface area (Å²) in [5.41, 5.74) is 7.97. The van der Waals surface area contributed by atoms with Gasteiger partial charge in [-0.2, -0.15) is 0 Å². The highest BCUT2D eigenvalue weighted by atomic mass is 16.5. The average molecular weight is 371 g/mol. The van der Waals surface area contributed by atoms with Gasteiger partial charge in [0.05, 0.1) is 6.61 Å². The third-order valence-corrected chi connectivity index (χ3v) is 3.74. The van der Waals surface area contributed by atoms with Crippen LogP contribution >= 0.6 is 0 Å². The molecule has 0 fully saturated rings. The normalized spacial score (nSPS) is 12.6. The van der Waals surface area contributed by atoms with Crippen LogP contribution < -0.4 is 15.2 Å². The van der Waals surface area contributed by atoms with Crippen molar-refractivity contribution >= 4 is 0 Å². The van der Waals surface area contributed by atoms with E-state index in [0.29, 0.717) is 11.5 Å². The summed E-state index contributed by atoms with van der Waals surface area (Å²) >= 11 is 0. The Morgan fingerprint density at radius 1 is 0.926 bits per heavy atom. The molecule has 6 heteroatoms. The quantitative estimate of drug-likeness (QED) is 0.512. The van der Waals surface area contributed by atoms with Gasteiger partial charge in [0.25, 0.3) is 0 Å². The summed E-state index contributed by atoms with van der Waals surface area (Å²) in [6, 6.07) is 12.8. The van der Waals surface area contributed by atoms with Crippen molar-refractivity contribution in [1.29, 1.82) is 0 Å². The minimum absolute atomic E-state index is 0.0392. The van der Waals surface area contributed by atoms with E-state index in [-0.39, 0.29) is 26.4 Å². The van der Waals surface area contributed by atoms with Crippen molar-refractivity contribution in [2.45, 2.75) is 19.1 Å². The summed E-state index contributed by atoms with van der Waals surface area (Å²) in [5, 5.41) is 27.5. The van der Waals surface area contributed by atoms with Gasteiger partial charge < -0.3 is 30.5 Å². The lowest BCUT2D eigenvalue weighted by atomic mass is 10.1. The van der Waals surface area contributed by atoms with Crippen molar-refractivity contribution in [2.75, 3.05) is 26.4 Å². The van der Waals surface area contributed by atoms with Gasteiger partial charge >= 0.3 is 0 Å². The standard InChI is InChI=1S/C21H25NO5/c1-15-10-17(6-9-21(15)27-13-18(24)11-22)3-2-16-4-7-20(8-5-16)26-14-19(25)12-23/h4-10,18-19,23-25H,11-14,22H2,1H3/t18-,19-/m1/s1. The molecule has 0 heterocycles. The molecule has 0 radical (unpaired) electrons. The average Bonchev–Trinajstić information content (AvgIpc) is 2.70. The number of ether oxygens (including phenoxy) is 2. The smallest absolute Gasteiger partial charge is 0.122 e. The Morgan fingerprint density at radius 2 is 1.56 bits per heavy atom. The molecule has 0 amide bonds. The molecule has 27 heavy (non-hydrogen) atoms. The lowest BCUT2D eigenvalue weighted by Gasteiger charge is -2.12. The summed E-state index contributed by atoms with van der Waals surface area (Å²) in [7, 11) is 0. The molecule has 2 rings (SSSR count). The number of aliphatic hydroxyl groups excluding tert-OH is 3. The molecule has 5 N–H and O–H groups in total. The zero-order valence-electron chi connectivity index (χ0n) is 15.3. The molecule has 2 atom stereocenters. The minimum Gasteiger partial charge on any atom is -0.491 e. The predicted molar refractivity (Wildman–Crippen MR) is 103 cm³/mol. The van der Waals surface area contributed by atoms with E-state index < -0.39 is 12.2 Å². The van der Waals surface area contributed by atoms with Crippen LogP contribution in [0.3, 0.4) is 0 Å². The second-order valence-electron chi connectivity index (χ2n) is 6.10. The van der Waals surface area contributed by atoms with Gasteiger partial charge in [0.2, 0.25) is 0 Å². The summed E-state index contributed by atoms with van der Waals surface area (Å²) in [6.07, 6.45) is -1.57. The maximum Gasteiger partial charge on any atom is 0.122 e. The summed E-state index contributed by atoms with van der Waals surface area (Å²) in [6.45, 7) is 1.95. The monoisotopic (exact) mass is 371 g/mol. The van der Waals surface area contributed by atoms with E-state index in [2.05, 4.69) is 11.8 Å². The van der Waals surface area contributed by atoms with Crippen molar-refractivity contribution in [3.8, 4) is 23.3 Å². The van der Waals surface area contributed by atoms with Gasteiger partial charge in [-0.05, 0) is 55.0 Å². The number of benzene rings is 2. The maximum atomic E-state index is 9.46. The second kappa shape index (κ2) is 10.6. The lowest BCUT2D eigenvalue weighted by molar-refractivity contribution is 0.0536. The van der Waals surface area contributed by atoms with Crippen LogP contribution in [0.5, 0.6) is 11.5 Å². The molecular formula is C21H25NO5. The predicted octanol–water partition coefficient (Wildman–Crippen LogP) is 0.825. The highest BCUT2D eigenvalue weighted by Crippen LogP contribution is 2.19. The van der Waals surface area contributed by atoms with Crippen molar-refractivity contribution < 1.29 is 24.8 Å². The van der Waals surface area contributed by atoms with E-state index in [0.717, 1.165) is 16.7 Å². The SMILES string of the molecule is Cc1cc(C#Cc2ccc(OC[C@H](O)CO)cc2)ccc1OC[C@H](O)CN. The number of aryl methyl sites for hydroxylation is 1. The van der Waals surface area contributed by atoms with Crippen LogP contribution in [-0.2, 0) is 0 Å². The first kappa shape index (κ1) is 20.7. The Morgan fingerprint density at radius 3 is 2.19 bits per heavy atom. The van der Waals surface area contributed by atoms with Crippen LogP contribution in [-0.4, -0.2) is 53.9 Å². The van der Waals surface area contributed by atoms with E-state index in [1.165, 1.54) is 0 Å². The van der Waals surface area contributed by atoms with Gasteiger partial charge in [0, 0.05) is 17.7 Å². The molecule has 0 bridgehead atoms. The first-order valence-electron chi connectivity index (χ1n) is 8.67. The van der Waals surface area contributed by atoms with Gasteiger partial charge in [-0.1, -0.05) is 11.8 Å². The van der Waals surface area contributed by atoms with Gasteiger partial charge in [0.1, 0.15) is 36.9 Å². The van der Waals surface area contributed by atoms with Gasteiger partial charge in [-0.25, -0.2) is 0 Å². The topological polar surface area (TPSA) is 105 Å². The van der Waals surface area contributed by atoms with Crippen molar-refractivity contribution in [3.63, 3.8) is 0 Å². The summed E-state index contributed by atoms with van der Waals surface area (Å²) in [5.74, 6) is 7.47. The van der Waals surface area contributed by atoms with E-state index >= 15 is 0 Å². The third kappa shape index (κ3) is 6.93. The summed E-state index contributed by atoms with van der Waals surface area (Å²) < 4.78 is 10.9. The van der Waals surface area contributed by atoms with E-state index in [9.17, 15) is 10.2 Å². The first-order chi connectivity index (χ1) is 13.0. The maximum absolute atomic E-state index is 9.46. The molecular weight excluding hydrogens is 346 g/mol. The van der Waals surface area contributed by atoms with Crippen molar-refractivity contribution in [3.05, 3.63) is 59.2 Å². The Kier molecular flexibility index (Phi) is 8.11. The number of aliphatic hydroxyl groups is 3. The highest BCUT2D eigenvalue weighted by molar-refractivity contribution is 5.47. The summed E-state index contributed by atoms with van der Waals surface area (Å²) in [4.78, 5) is 0. The van der Waals surface area contributed by atoms with Gasteiger partial charge in [-0.3, -0.25) is 0 Å². The molecule has 2 aromatic carbocycles. The van der Waals surface area contributed by atoms with Crippen molar-refractivity contribution in [2.24, 2.45) is 5.73 Å². The molecule has 0 spiro atoms. The van der Waals surface area contributed by atoms with E-state index in [4.69, 9.17) is 20.3 Å². The molecule has 2 aromatic rings. The van der Waals surface area contributed by atoms with E-state index in [1.54, 1.807) is 12.1 Å². The van der Waals surface area contributed by atoms with Crippen molar-refractivity contribution in [1.82, 2.24) is 0 Å².